The lowest BCUT2D eigenvalue weighted by Gasteiger charge is -2.41. The predicted molar refractivity (Wildman–Crippen MR) is 108 cm³/mol. The Balaban J connectivity index is 0.00000121. The summed E-state index contributed by atoms with van der Waals surface area (Å²) < 4.78 is 5.52. The van der Waals surface area contributed by atoms with Crippen molar-refractivity contribution in [2.45, 2.75) is 63.3 Å². The number of nitrogens with zero attached hydrogens (tertiary/aromatic N) is 1. The third-order valence-electron chi connectivity index (χ3n) is 6.05. The molecule has 2 bridgehead atoms. The molecule has 1 N–H and O–H groups in total. The zero-order chi connectivity index (χ0) is 16.4. The Morgan fingerprint density at radius 1 is 1.00 bits per heavy atom. The Kier molecular flexibility index (Phi) is 8.21. The zero-order valence-corrected chi connectivity index (χ0v) is 16.8. The van der Waals surface area contributed by atoms with Gasteiger partial charge in [0.05, 0.1) is 5.92 Å². The number of halogens is 2. The Labute approximate surface area is 168 Å². The van der Waals surface area contributed by atoms with Gasteiger partial charge in [0.15, 0.2) is 0 Å². The second-order valence-corrected chi connectivity index (χ2v) is 7.67. The second-order valence-electron chi connectivity index (χ2n) is 7.67. The number of nitrogens with one attached hydrogen (secondary N) is 1. The van der Waals surface area contributed by atoms with E-state index in [9.17, 15) is 4.79 Å². The summed E-state index contributed by atoms with van der Waals surface area (Å²) in [6.07, 6.45) is 7.19. The Morgan fingerprint density at radius 3 is 2.23 bits per heavy atom. The van der Waals surface area contributed by atoms with Crippen LogP contribution in [0.5, 0.6) is 0 Å². The van der Waals surface area contributed by atoms with Crippen LogP contribution in [0.1, 0.15) is 44.1 Å². The van der Waals surface area contributed by atoms with Gasteiger partial charge in [0.2, 0.25) is 0 Å². The SMILES string of the molecule is Cl.Cl.O=C(OCc1ccccc1)C1CCN([C@H]2C[C@H]3CC[C@@H](C2)N3)CC1. The first-order valence-corrected chi connectivity index (χ1v) is 9.48. The van der Waals surface area contributed by atoms with E-state index >= 15 is 0 Å². The molecular weight excluding hydrogens is 371 g/mol. The molecule has 0 amide bonds. The van der Waals surface area contributed by atoms with Crippen LogP contribution in [0.4, 0.5) is 0 Å². The maximum Gasteiger partial charge on any atom is 0.309 e. The fourth-order valence-corrected chi connectivity index (χ4v) is 4.67. The molecule has 3 aliphatic heterocycles. The Bertz CT molecular complexity index is 552. The molecule has 1 aromatic rings. The number of carbonyl (C=O) groups is 1. The van der Waals surface area contributed by atoms with Crippen molar-refractivity contribution in [2.24, 2.45) is 5.92 Å². The van der Waals surface area contributed by atoms with Crippen molar-refractivity contribution in [3.8, 4) is 0 Å². The third-order valence-corrected chi connectivity index (χ3v) is 6.05. The molecule has 3 saturated heterocycles. The molecule has 0 aliphatic carbocycles. The van der Waals surface area contributed by atoms with E-state index in [-0.39, 0.29) is 36.7 Å². The van der Waals surface area contributed by atoms with Crippen LogP contribution in [0, 0.1) is 5.92 Å². The van der Waals surface area contributed by atoms with E-state index in [1.165, 1.54) is 25.7 Å². The van der Waals surface area contributed by atoms with Gasteiger partial charge in [-0.05, 0) is 57.2 Å². The minimum Gasteiger partial charge on any atom is -0.461 e. The average Bonchev–Trinajstić information content (AvgIpc) is 2.98. The number of hydrogen-bond acceptors (Lipinski definition) is 4. The van der Waals surface area contributed by atoms with Crippen LogP contribution < -0.4 is 5.32 Å². The van der Waals surface area contributed by atoms with Gasteiger partial charge in [-0.15, -0.1) is 24.8 Å². The van der Waals surface area contributed by atoms with E-state index in [0.717, 1.165) is 49.6 Å². The largest absolute Gasteiger partial charge is 0.461 e. The number of hydrogen-bond donors (Lipinski definition) is 1. The van der Waals surface area contributed by atoms with E-state index in [2.05, 4.69) is 10.2 Å². The van der Waals surface area contributed by atoms with E-state index in [0.29, 0.717) is 6.61 Å². The molecule has 0 aromatic heterocycles. The summed E-state index contributed by atoms with van der Waals surface area (Å²) in [6.45, 7) is 2.50. The van der Waals surface area contributed by atoms with Crippen molar-refractivity contribution in [2.75, 3.05) is 13.1 Å². The van der Waals surface area contributed by atoms with Crippen LogP contribution in [-0.4, -0.2) is 42.1 Å². The highest BCUT2D eigenvalue weighted by Crippen LogP contribution is 2.32. The van der Waals surface area contributed by atoms with Gasteiger partial charge in [-0.2, -0.15) is 0 Å². The monoisotopic (exact) mass is 400 g/mol. The van der Waals surface area contributed by atoms with Crippen molar-refractivity contribution < 1.29 is 9.53 Å². The second kappa shape index (κ2) is 9.93. The normalized spacial score (nSPS) is 28.7. The molecule has 0 radical (unpaired) electrons. The molecule has 3 aliphatic rings. The zero-order valence-electron chi connectivity index (χ0n) is 15.1. The van der Waals surface area contributed by atoms with Crippen molar-refractivity contribution >= 4 is 30.8 Å². The Morgan fingerprint density at radius 2 is 1.62 bits per heavy atom. The summed E-state index contributed by atoms with van der Waals surface area (Å²) >= 11 is 0. The lowest BCUT2D eigenvalue weighted by Crippen LogP contribution is -2.50. The number of piperidine rings is 2. The Hall–Kier alpha value is -0.810. The smallest absolute Gasteiger partial charge is 0.309 e. The summed E-state index contributed by atoms with van der Waals surface area (Å²) in [5.41, 5.74) is 1.06. The van der Waals surface area contributed by atoms with Crippen molar-refractivity contribution in [1.29, 1.82) is 0 Å². The fourth-order valence-electron chi connectivity index (χ4n) is 4.67. The van der Waals surface area contributed by atoms with Crippen molar-refractivity contribution in [1.82, 2.24) is 10.2 Å². The van der Waals surface area contributed by atoms with Crippen molar-refractivity contribution in [3.63, 3.8) is 0 Å². The molecule has 0 saturated carbocycles. The van der Waals surface area contributed by atoms with Crippen LogP contribution in [0.3, 0.4) is 0 Å². The summed E-state index contributed by atoms with van der Waals surface area (Å²) in [5, 5.41) is 3.72. The van der Waals surface area contributed by atoms with Gasteiger partial charge in [0.1, 0.15) is 6.61 Å². The topological polar surface area (TPSA) is 41.6 Å². The molecule has 26 heavy (non-hydrogen) atoms. The molecular formula is C20H30Cl2N2O2. The minimum atomic E-state index is -0.0103. The van der Waals surface area contributed by atoms with Crippen LogP contribution in [0.15, 0.2) is 30.3 Å². The third kappa shape index (κ3) is 5.13. The number of ether oxygens (including phenoxy) is 1. The van der Waals surface area contributed by atoms with Gasteiger partial charge in [0, 0.05) is 18.1 Å². The lowest BCUT2D eigenvalue weighted by molar-refractivity contribution is -0.151. The number of likely N-dealkylation sites (tertiary alicyclic amines) is 1. The van der Waals surface area contributed by atoms with E-state index in [4.69, 9.17) is 4.74 Å². The highest BCUT2D eigenvalue weighted by atomic mass is 35.5. The molecule has 146 valence electrons. The summed E-state index contributed by atoms with van der Waals surface area (Å²) in [7, 11) is 0. The van der Waals surface area contributed by atoms with Crippen LogP contribution in [0.25, 0.3) is 0 Å². The lowest BCUT2D eigenvalue weighted by atomic mass is 9.92. The summed E-state index contributed by atoms with van der Waals surface area (Å²) in [6, 6.07) is 12.1. The predicted octanol–water partition coefficient (Wildman–Crippen LogP) is 3.57. The highest BCUT2D eigenvalue weighted by molar-refractivity contribution is 5.85. The van der Waals surface area contributed by atoms with Gasteiger partial charge in [0.25, 0.3) is 0 Å². The molecule has 3 fully saturated rings. The number of rotatable bonds is 4. The van der Waals surface area contributed by atoms with Crippen LogP contribution in [-0.2, 0) is 16.1 Å². The molecule has 6 heteroatoms. The van der Waals surface area contributed by atoms with Crippen molar-refractivity contribution in [3.05, 3.63) is 35.9 Å². The maximum absolute atomic E-state index is 12.3. The van der Waals surface area contributed by atoms with Crippen LogP contribution >= 0.6 is 24.8 Å². The maximum atomic E-state index is 12.3. The first kappa shape index (κ1) is 21.5. The first-order chi connectivity index (χ1) is 11.8. The summed E-state index contributed by atoms with van der Waals surface area (Å²) in [5.74, 6) is 0.0762. The van der Waals surface area contributed by atoms with Gasteiger partial charge >= 0.3 is 5.97 Å². The number of fused-ring (bicyclic) bond motifs is 2. The average molecular weight is 401 g/mol. The highest BCUT2D eigenvalue weighted by Gasteiger charge is 2.37. The van der Waals surface area contributed by atoms with Gasteiger partial charge < -0.3 is 15.0 Å². The number of benzene rings is 1. The van der Waals surface area contributed by atoms with E-state index < -0.39 is 0 Å². The van der Waals surface area contributed by atoms with Gasteiger partial charge in [-0.1, -0.05) is 30.3 Å². The standard InChI is InChI=1S/C20H28N2O2.2ClH/c23-20(24-14-15-4-2-1-3-5-15)16-8-10-22(11-9-16)19-12-17-6-7-18(13-19)21-17;;/h1-5,16-19,21H,6-14H2;2*1H/t17-,18+,19+;;. The molecule has 0 unspecified atom stereocenters. The van der Waals surface area contributed by atoms with Gasteiger partial charge in [-0.3, -0.25) is 4.79 Å². The number of esters is 1. The molecule has 0 spiro atoms. The van der Waals surface area contributed by atoms with E-state index in [1.807, 2.05) is 30.3 Å². The van der Waals surface area contributed by atoms with Crippen LogP contribution in [0.2, 0.25) is 0 Å². The van der Waals surface area contributed by atoms with E-state index in [1.54, 1.807) is 0 Å². The molecule has 1 aromatic carbocycles. The molecule has 4 rings (SSSR count). The minimum absolute atomic E-state index is 0. The number of carbonyl (C=O) groups excluding carboxylic acids is 1. The van der Waals surface area contributed by atoms with Gasteiger partial charge in [-0.25, -0.2) is 0 Å². The first-order valence-electron chi connectivity index (χ1n) is 9.48. The molecule has 3 atom stereocenters. The molecule has 4 nitrogen and oxygen atoms in total. The fraction of sp³-hybridized carbons (Fsp3) is 0.650. The quantitative estimate of drug-likeness (QED) is 0.784. The molecule has 3 heterocycles. The summed E-state index contributed by atoms with van der Waals surface area (Å²) in [4.78, 5) is 14.9.